The lowest BCUT2D eigenvalue weighted by Crippen LogP contribution is -2.35. The molecule has 0 aliphatic rings. The van der Waals surface area contributed by atoms with Gasteiger partial charge in [0.15, 0.2) is 5.60 Å². The van der Waals surface area contributed by atoms with Gasteiger partial charge >= 0.3 is 5.97 Å². The van der Waals surface area contributed by atoms with E-state index in [0.29, 0.717) is 24.5 Å². The van der Waals surface area contributed by atoms with Crippen LogP contribution in [0.25, 0.3) is 0 Å². The number of nitrogens with two attached hydrogens (primary N) is 1. The van der Waals surface area contributed by atoms with Crippen molar-refractivity contribution in [1.29, 1.82) is 0 Å². The van der Waals surface area contributed by atoms with Gasteiger partial charge in [0.1, 0.15) is 5.75 Å². The molecular formula is C19H23NO4. The molecule has 0 radical (unpaired) electrons. The highest BCUT2D eigenvalue weighted by molar-refractivity contribution is 5.79. The van der Waals surface area contributed by atoms with Gasteiger partial charge in [-0.15, -0.1) is 0 Å². The van der Waals surface area contributed by atoms with Gasteiger partial charge < -0.3 is 20.3 Å². The van der Waals surface area contributed by atoms with E-state index in [1.165, 1.54) is 0 Å². The van der Waals surface area contributed by atoms with Crippen molar-refractivity contribution in [2.75, 3.05) is 18.9 Å². The molecule has 5 nitrogen and oxygen atoms in total. The molecule has 5 heteroatoms. The van der Waals surface area contributed by atoms with Crippen LogP contribution in [0.5, 0.6) is 5.75 Å². The first-order valence-electron chi connectivity index (χ1n) is 7.91. The number of carbonyl (C=O) groups is 1. The molecule has 0 bridgehead atoms. The number of ether oxygens (including phenoxy) is 2. The molecule has 0 aliphatic carbocycles. The van der Waals surface area contributed by atoms with Gasteiger partial charge in [0, 0.05) is 18.7 Å². The predicted molar refractivity (Wildman–Crippen MR) is 93.1 cm³/mol. The van der Waals surface area contributed by atoms with Gasteiger partial charge in [0.2, 0.25) is 0 Å². The van der Waals surface area contributed by atoms with Crippen LogP contribution in [0.1, 0.15) is 25.0 Å². The van der Waals surface area contributed by atoms with E-state index in [-0.39, 0.29) is 0 Å². The molecule has 3 N–H and O–H groups in total. The molecule has 0 fully saturated rings. The summed E-state index contributed by atoms with van der Waals surface area (Å²) >= 11 is 0. The third-order valence-corrected chi connectivity index (χ3v) is 3.89. The van der Waals surface area contributed by atoms with E-state index < -0.39 is 11.6 Å². The summed E-state index contributed by atoms with van der Waals surface area (Å²) in [5.41, 5.74) is 6.78. The van der Waals surface area contributed by atoms with Crippen LogP contribution in [-0.2, 0) is 21.6 Å². The lowest BCUT2D eigenvalue weighted by molar-refractivity contribution is -0.164. The van der Waals surface area contributed by atoms with Gasteiger partial charge in [-0.3, -0.25) is 0 Å². The van der Waals surface area contributed by atoms with Crippen molar-refractivity contribution < 1.29 is 19.4 Å². The van der Waals surface area contributed by atoms with Crippen LogP contribution in [0.2, 0.25) is 0 Å². The van der Waals surface area contributed by atoms with Crippen molar-refractivity contribution in [2.45, 2.75) is 25.9 Å². The quantitative estimate of drug-likeness (QED) is 0.727. The number of nitrogen functional groups attached to an aromatic ring is 1. The zero-order valence-electron chi connectivity index (χ0n) is 14.0. The summed E-state index contributed by atoms with van der Waals surface area (Å²) in [6.45, 7) is 4.18. The minimum atomic E-state index is -1.35. The molecule has 2 aromatic carbocycles. The Kier molecular flexibility index (Phi) is 5.82. The van der Waals surface area contributed by atoms with Gasteiger partial charge in [0.05, 0.1) is 6.61 Å². The Labute approximate surface area is 142 Å². The Bertz CT molecular complexity index is 667. The first-order valence-corrected chi connectivity index (χ1v) is 7.91. The molecule has 1 atom stereocenters. The molecule has 128 valence electrons. The molecule has 0 saturated carbocycles. The Morgan fingerprint density at radius 1 is 1.12 bits per heavy atom. The molecule has 0 amide bonds. The van der Waals surface area contributed by atoms with Crippen molar-refractivity contribution >= 4 is 11.7 Å². The normalized spacial score (nSPS) is 13.2. The second-order valence-electron chi connectivity index (χ2n) is 5.64. The van der Waals surface area contributed by atoms with Crippen LogP contribution in [0, 0.1) is 0 Å². The fraction of sp³-hybridized carbons (Fsp3) is 0.316. The number of anilines is 1. The van der Waals surface area contributed by atoms with Crippen LogP contribution >= 0.6 is 0 Å². The number of benzene rings is 2. The molecule has 2 aromatic rings. The van der Waals surface area contributed by atoms with Gasteiger partial charge in [-0.2, -0.15) is 0 Å². The summed E-state index contributed by atoms with van der Waals surface area (Å²) in [5, 5.41) is 9.41. The van der Waals surface area contributed by atoms with Crippen molar-refractivity contribution in [3.63, 3.8) is 0 Å². The maximum atomic E-state index is 11.5. The van der Waals surface area contributed by atoms with Gasteiger partial charge in [0.25, 0.3) is 0 Å². The van der Waals surface area contributed by atoms with Crippen LogP contribution < -0.4 is 10.5 Å². The van der Waals surface area contributed by atoms with Crippen LogP contribution in [-0.4, -0.2) is 24.3 Å². The Hall–Kier alpha value is -2.53. The fourth-order valence-corrected chi connectivity index (χ4v) is 2.40. The highest BCUT2D eigenvalue weighted by Gasteiger charge is 2.35. The topological polar surface area (TPSA) is 81.8 Å². The van der Waals surface area contributed by atoms with E-state index in [0.717, 1.165) is 17.7 Å². The average Bonchev–Trinajstić information content (AvgIpc) is 2.57. The summed E-state index contributed by atoms with van der Waals surface area (Å²) in [7, 11) is 0. The van der Waals surface area contributed by atoms with E-state index in [2.05, 4.69) is 0 Å². The number of rotatable bonds is 8. The van der Waals surface area contributed by atoms with Crippen LogP contribution in [0.3, 0.4) is 0 Å². The smallest absolute Gasteiger partial charge is 0.340 e. The fourth-order valence-electron chi connectivity index (χ4n) is 2.40. The molecular weight excluding hydrogens is 306 g/mol. The lowest BCUT2D eigenvalue weighted by Gasteiger charge is -2.25. The van der Waals surface area contributed by atoms with Gasteiger partial charge in [-0.25, -0.2) is 4.79 Å². The molecule has 0 heterocycles. The van der Waals surface area contributed by atoms with Crippen LogP contribution in [0.15, 0.2) is 48.5 Å². The molecule has 0 unspecified atom stereocenters. The Morgan fingerprint density at radius 2 is 1.75 bits per heavy atom. The van der Waals surface area contributed by atoms with Crippen molar-refractivity contribution in [3.8, 4) is 5.75 Å². The van der Waals surface area contributed by atoms with Gasteiger partial charge in [-0.1, -0.05) is 24.3 Å². The molecule has 2 rings (SSSR count). The first kappa shape index (κ1) is 17.8. The maximum absolute atomic E-state index is 11.5. The summed E-state index contributed by atoms with van der Waals surface area (Å²) in [6, 6.07) is 14.7. The second kappa shape index (κ2) is 7.84. The monoisotopic (exact) mass is 329 g/mol. The average molecular weight is 329 g/mol. The Morgan fingerprint density at radius 3 is 2.29 bits per heavy atom. The maximum Gasteiger partial charge on any atom is 0.340 e. The molecule has 0 aliphatic heterocycles. The third kappa shape index (κ3) is 4.26. The number of carboxylic acid groups (broad SMARTS) is 1. The summed E-state index contributed by atoms with van der Waals surface area (Å²) in [6.07, 6.45) is 0.772. The molecule has 0 spiro atoms. The molecule has 0 aromatic heterocycles. The predicted octanol–water partition coefficient (Wildman–Crippen LogP) is 3.23. The highest BCUT2D eigenvalue weighted by atomic mass is 16.5. The van der Waals surface area contributed by atoms with E-state index >= 15 is 0 Å². The van der Waals surface area contributed by atoms with E-state index in [4.69, 9.17) is 15.2 Å². The van der Waals surface area contributed by atoms with Crippen LogP contribution in [0.4, 0.5) is 5.69 Å². The number of carboxylic acids is 1. The highest BCUT2D eigenvalue weighted by Crippen LogP contribution is 2.27. The lowest BCUT2D eigenvalue weighted by atomic mass is 9.96. The first-order chi connectivity index (χ1) is 11.5. The SMILES string of the molecule is CCO[C@](C)(C(=O)O)c1ccc(OCCc2ccc(N)cc2)cc1. The van der Waals surface area contributed by atoms with E-state index in [1.54, 1.807) is 38.1 Å². The van der Waals surface area contributed by atoms with Gasteiger partial charge in [-0.05, 0) is 49.2 Å². The largest absolute Gasteiger partial charge is 0.493 e. The van der Waals surface area contributed by atoms with E-state index in [9.17, 15) is 9.90 Å². The molecule has 24 heavy (non-hydrogen) atoms. The number of hydrogen-bond acceptors (Lipinski definition) is 4. The second-order valence-corrected chi connectivity index (χ2v) is 5.64. The van der Waals surface area contributed by atoms with Crippen molar-refractivity contribution in [3.05, 3.63) is 59.7 Å². The standard InChI is InChI=1S/C19H23NO4/c1-3-24-19(2,18(21)22)15-6-10-17(11-7-15)23-13-12-14-4-8-16(20)9-5-14/h4-11H,3,12-13,20H2,1-2H3,(H,21,22)/t19-/m0/s1. The number of hydrogen-bond donors (Lipinski definition) is 2. The van der Waals surface area contributed by atoms with Crippen molar-refractivity contribution in [1.82, 2.24) is 0 Å². The van der Waals surface area contributed by atoms with E-state index in [1.807, 2.05) is 24.3 Å². The molecule has 0 saturated heterocycles. The third-order valence-electron chi connectivity index (χ3n) is 3.89. The Balaban J connectivity index is 1.96. The van der Waals surface area contributed by atoms with Crippen molar-refractivity contribution in [2.24, 2.45) is 0 Å². The number of aliphatic carboxylic acids is 1. The summed E-state index contributed by atoms with van der Waals surface area (Å²) < 4.78 is 11.1. The summed E-state index contributed by atoms with van der Waals surface area (Å²) in [4.78, 5) is 11.5. The zero-order chi connectivity index (χ0) is 17.6. The zero-order valence-corrected chi connectivity index (χ0v) is 14.0. The minimum absolute atomic E-state index is 0.322. The minimum Gasteiger partial charge on any atom is -0.493 e. The summed E-state index contributed by atoms with van der Waals surface area (Å²) in [5.74, 6) is -0.320.